The van der Waals surface area contributed by atoms with Crippen molar-refractivity contribution in [3.8, 4) is 0 Å². The van der Waals surface area contributed by atoms with Gasteiger partial charge in [-0.15, -0.1) is 0 Å². The van der Waals surface area contributed by atoms with Gasteiger partial charge in [-0.1, -0.05) is 42.0 Å². The van der Waals surface area contributed by atoms with E-state index in [0.717, 1.165) is 11.1 Å². The highest BCUT2D eigenvalue weighted by Gasteiger charge is 2.03. The summed E-state index contributed by atoms with van der Waals surface area (Å²) in [7, 11) is -0.958. The minimum Gasteiger partial charge on any atom is -0.259 e. The number of halogens is 1. The lowest BCUT2D eigenvalue weighted by Crippen LogP contribution is -1.99. The summed E-state index contributed by atoms with van der Waals surface area (Å²) in [5, 5.41) is 0. The van der Waals surface area contributed by atoms with Gasteiger partial charge < -0.3 is 0 Å². The molecule has 0 radical (unpaired) electrons. The second kappa shape index (κ2) is 5.91. The fourth-order valence-corrected chi connectivity index (χ4v) is 2.92. The molecule has 2 aromatic carbocycles. The smallest absolute Gasteiger partial charge is 0.123 e. The highest BCUT2D eigenvalue weighted by molar-refractivity contribution is 7.83. The molecule has 2 aromatic rings. The van der Waals surface area contributed by atoms with Crippen molar-refractivity contribution in [1.29, 1.82) is 0 Å². The first-order valence-electron chi connectivity index (χ1n) is 5.78. The van der Waals surface area contributed by atoms with Crippen LogP contribution in [-0.4, -0.2) is 4.21 Å². The van der Waals surface area contributed by atoms with Gasteiger partial charge >= 0.3 is 0 Å². The van der Waals surface area contributed by atoms with Crippen LogP contribution in [0.4, 0.5) is 4.39 Å². The Labute approximate surface area is 109 Å². The molecule has 0 N–H and O–H groups in total. The second-order valence-electron chi connectivity index (χ2n) is 4.34. The molecular formula is C15H15FOS. The zero-order chi connectivity index (χ0) is 13.0. The molecule has 0 amide bonds. The molecular weight excluding hydrogens is 247 g/mol. The normalized spacial score (nSPS) is 12.3. The molecule has 0 fully saturated rings. The predicted molar refractivity (Wildman–Crippen MR) is 73.1 cm³/mol. The summed E-state index contributed by atoms with van der Waals surface area (Å²) >= 11 is 0. The summed E-state index contributed by atoms with van der Waals surface area (Å²) in [6.45, 7) is 2.03. The van der Waals surface area contributed by atoms with Crippen molar-refractivity contribution >= 4 is 10.8 Å². The summed E-state index contributed by atoms with van der Waals surface area (Å²) in [6, 6.07) is 14.2. The number of hydrogen-bond donors (Lipinski definition) is 0. The Morgan fingerprint density at radius 1 is 0.889 bits per heavy atom. The maximum Gasteiger partial charge on any atom is 0.123 e. The van der Waals surface area contributed by atoms with Gasteiger partial charge in [0.15, 0.2) is 0 Å². The molecule has 1 unspecified atom stereocenters. The molecule has 0 heterocycles. The average molecular weight is 262 g/mol. The molecule has 1 atom stereocenters. The van der Waals surface area contributed by atoms with Crippen molar-refractivity contribution in [3.63, 3.8) is 0 Å². The number of aryl methyl sites for hydroxylation is 1. The molecule has 0 spiro atoms. The summed E-state index contributed by atoms with van der Waals surface area (Å²) < 4.78 is 24.7. The first-order valence-corrected chi connectivity index (χ1v) is 7.27. The quantitative estimate of drug-likeness (QED) is 0.823. The van der Waals surface area contributed by atoms with Gasteiger partial charge in [-0.05, 0) is 30.2 Å². The second-order valence-corrected chi connectivity index (χ2v) is 5.80. The van der Waals surface area contributed by atoms with E-state index in [1.165, 1.54) is 17.7 Å². The largest absolute Gasteiger partial charge is 0.259 e. The van der Waals surface area contributed by atoms with E-state index in [0.29, 0.717) is 11.5 Å². The molecule has 0 aliphatic heterocycles. The highest BCUT2D eigenvalue weighted by Crippen LogP contribution is 2.11. The van der Waals surface area contributed by atoms with E-state index in [4.69, 9.17) is 0 Å². The third-order valence-corrected chi connectivity index (χ3v) is 4.00. The Morgan fingerprint density at radius 2 is 1.33 bits per heavy atom. The van der Waals surface area contributed by atoms with Crippen LogP contribution < -0.4 is 0 Å². The van der Waals surface area contributed by atoms with Gasteiger partial charge in [-0.3, -0.25) is 4.21 Å². The maximum atomic E-state index is 12.7. The Kier molecular flexibility index (Phi) is 4.26. The predicted octanol–water partition coefficient (Wildman–Crippen LogP) is 3.58. The van der Waals surface area contributed by atoms with E-state index in [1.54, 1.807) is 12.1 Å². The van der Waals surface area contributed by atoms with Gasteiger partial charge in [0.05, 0.1) is 0 Å². The minimum atomic E-state index is -0.958. The van der Waals surface area contributed by atoms with Crippen molar-refractivity contribution in [3.05, 3.63) is 71.0 Å². The van der Waals surface area contributed by atoms with Gasteiger partial charge in [-0.25, -0.2) is 4.39 Å². The maximum absolute atomic E-state index is 12.7. The summed E-state index contributed by atoms with van der Waals surface area (Å²) in [5.74, 6) is 0.745. The van der Waals surface area contributed by atoms with Gasteiger partial charge in [0.25, 0.3) is 0 Å². The standard InChI is InChI=1S/C15H15FOS/c1-12-2-4-13(5-3-12)10-18(17)11-14-6-8-15(16)9-7-14/h2-9H,10-11H2,1H3. The van der Waals surface area contributed by atoms with Crippen molar-refractivity contribution in [2.75, 3.05) is 0 Å². The highest BCUT2D eigenvalue weighted by atomic mass is 32.2. The average Bonchev–Trinajstić information content (AvgIpc) is 2.35. The third kappa shape index (κ3) is 3.77. The van der Waals surface area contributed by atoms with E-state index in [2.05, 4.69) is 0 Å². The lowest BCUT2D eigenvalue weighted by molar-refractivity contribution is 0.627. The van der Waals surface area contributed by atoms with E-state index in [-0.39, 0.29) is 5.82 Å². The van der Waals surface area contributed by atoms with Gasteiger partial charge in [0, 0.05) is 22.3 Å². The Hall–Kier alpha value is -1.48. The number of benzene rings is 2. The Bertz CT molecular complexity index is 482. The van der Waals surface area contributed by atoms with Crippen LogP contribution in [0.3, 0.4) is 0 Å². The zero-order valence-electron chi connectivity index (χ0n) is 10.2. The van der Waals surface area contributed by atoms with Crippen LogP contribution >= 0.6 is 0 Å². The van der Waals surface area contributed by atoms with E-state index < -0.39 is 10.8 Å². The van der Waals surface area contributed by atoms with Gasteiger partial charge in [0.2, 0.25) is 0 Å². The first kappa shape index (κ1) is 13.0. The Morgan fingerprint density at radius 3 is 1.83 bits per heavy atom. The molecule has 2 rings (SSSR count). The van der Waals surface area contributed by atoms with Crippen molar-refractivity contribution in [2.24, 2.45) is 0 Å². The van der Waals surface area contributed by atoms with Crippen LogP contribution in [-0.2, 0) is 22.3 Å². The van der Waals surface area contributed by atoms with Crippen LogP contribution in [0.1, 0.15) is 16.7 Å². The first-order chi connectivity index (χ1) is 8.63. The van der Waals surface area contributed by atoms with E-state index in [9.17, 15) is 8.60 Å². The summed E-state index contributed by atoms with van der Waals surface area (Å²) in [6.07, 6.45) is 0. The molecule has 0 saturated carbocycles. The fraction of sp³-hybridized carbons (Fsp3) is 0.200. The van der Waals surface area contributed by atoms with Gasteiger partial charge in [0.1, 0.15) is 5.82 Å². The summed E-state index contributed by atoms with van der Waals surface area (Å²) in [5.41, 5.74) is 3.17. The van der Waals surface area contributed by atoms with E-state index in [1.807, 2.05) is 31.2 Å². The Balaban J connectivity index is 1.96. The number of hydrogen-bond acceptors (Lipinski definition) is 1. The zero-order valence-corrected chi connectivity index (χ0v) is 11.0. The van der Waals surface area contributed by atoms with Gasteiger partial charge in [-0.2, -0.15) is 0 Å². The van der Waals surface area contributed by atoms with Crippen LogP contribution in [0.5, 0.6) is 0 Å². The molecule has 0 saturated heterocycles. The van der Waals surface area contributed by atoms with Crippen LogP contribution in [0, 0.1) is 12.7 Å². The molecule has 0 aromatic heterocycles. The van der Waals surface area contributed by atoms with Crippen LogP contribution in [0.2, 0.25) is 0 Å². The van der Waals surface area contributed by atoms with Crippen molar-refractivity contribution in [1.82, 2.24) is 0 Å². The SMILES string of the molecule is Cc1ccc(CS(=O)Cc2ccc(F)cc2)cc1. The summed E-state index contributed by atoms with van der Waals surface area (Å²) in [4.78, 5) is 0. The lowest BCUT2D eigenvalue weighted by Gasteiger charge is -2.03. The topological polar surface area (TPSA) is 17.1 Å². The molecule has 0 bridgehead atoms. The minimum absolute atomic E-state index is 0.261. The lowest BCUT2D eigenvalue weighted by atomic mass is 10.2. The molecule has 94 valence electrons. The monoisotopic (exact) mass is 262 g/mol. The molecule has 0 aliphatic rings. The van der Waals surface area contributed by atoms with Crippen molar-refractivity contribution in [2.45, 2.75) is 18.4 Å². The fourth-order valence-electron chi connectivity index (χ4n) is 1.69. The molecule has 3 heteroatoms. The van der Waals surface area contributed by atoms with E-state index >= 15 is 0 Å². The van der Waals surface area contributed by atoms with Crippen LogP contribution in [0.15, 0.2) is 48.5 Å². The van der Waals surface area contributed by atoms with Crippen LogP contribution in [0.25, 0.3) is 0 Å². The molecule has 0 aliphatic carbocycles. The van der Waals surface area contributed by atoms with Crippen molar-refractivity contribution < 1.29 is 8.60 Å². The number of rotatable bonds is 4. The molecule has 18 heavy (non-hydrogen) atoms. The molecule has 1 nitrogen and oxygen atoms in total. The third-order valence-electron chi connectivity index (χ3n) is 2.69.